The topological polar surface area (TPSA) is 81.2 Å². The van der Waals surface area contributed by atoms with Crippen LogP contribution in [0.25, 0.3) is 0 Å². The Morgan fingerprint density at radius 1 is 1.16 bits per heavy atom. The van der Waals surface area contributed by atoms with Crippen molar-refractivity contribution in [3.8, 4) is 5.75 Å². The summed E-state index contributed by atoms with van der Waals surface area (Å²) in [6.07, 6.45) is -0.959. The molecule has 6 nitrogen and oxygen atoms in total. The minimum absolute atomic E-state index is 0.0272. The standard InChI is InChI=1S/C20H16ClF4N3O3/c21-13-2-1-12(3-14(13)22)31-7-16(30)28-19-8-18(9-19,10-19)4-15(29)11-5-26-17(27-6-11)20(23,24)25/h1-3,5-6H,4,7-10H2,(H,28,30). The predicted molar refractivity (Wildman–Crippen MR) is 100 cm³/mol. The first-order valence-corrected chi connectivity index (χ1v) is 9.68. The zero-order chi connectivity index (χ0) is 22.4. The lowest BCUT2D eigenvalue weighted by Gasteiger charge is -2.70. The minimum Gasteiger partial charge on any atom is -0.484 e. The van der Waals surface area contributed by atoms with E-state index in [-0.39, 0.29) is 46.5 Å². The van der Waals surface area contributed by atoms with E-state index >= 15 is 0 Å². The maximum atomic E-state index is 13.4. The number of amides is 1. The van der Waals surface area contributed by atoms with Gasteiger partial charge in [0.1, 0.15) is 11.6 Å². The molecule has 0 atom stereocenters. The average Bonchev–Trinajstić information content (AvgIpc) is 2.65. The van der Waals surface area contributed by atoms with Gasteiger partial charge in [-0.25, -0.2) is 14.4 Å². The van der Waals surface area contributed by atoms with Gasteiger partial charge in [0, 0.05) is 30.4 Å². The van der Waals surface area contributed by atoms with Gasteiger partial charge in [0.15, 0.2) is 12.4 Å². The Morgan fingerprint density at radius 2 is 1.81 bits per heavy atom. The van der Waals surface area contributed by atoms with Crippen molar-refractivity contribution in [3.05, 3.63) is 52.8 Å². The van der Waals surface area contributed by atoms with Crippen molar-refractivity contribution in [2.45, 2.75) is 37.4 Å². The summed E-state index contributed by atoms with van der Waals surface area (Å²) in [6.45, 7) is -0.294. The molecule has 3 saturated carbocycles. The molecule has 1 amide bonds. The van der Waals surface area contributed by atoms with Crippen LogP contribution in [0, 0.1) is 11.2 Å². The summed E-state index contributed by atoms with van der Waals surface area (Å²) < 4.78 is 56.2. The fraction of sp³-hybridized carbons (Fsp3) is 0.400. The molecule has 1 aromatic carbocycles. The fourth-order valence-electron chi connectivity index (χ4n) is 4.43. The van der Waals surface area contributed by atoms with E-state index < -0.39 is 23.4 Å². The average molecular weight is 458 g/mol. The number of hydrogen-bond acceptors (Lipinski definition) is 5. The molecule has 0 radical (unpaired) electrons. The smallest absolute Gasteiger partial charge is 0.451 e. The second-order valence-electron chi connectivity index (χ2n) is 8.12. The number of aromatic nitrogens is 2. The molecule has 1 heterocycles. The molecular weight excluding hydrogens is 442 g/mol. The number of ketones is 1. The molecule has 2 aromatic rings. The lowest BCUT2D eigenvalue weighted by Crippen LogP contribution is -2.75. The van der Waals surface area contributed by atoms with Gasteiger partial charge in [-0.1, -0.05) is 11.6 Å². The third-order valence-corrected chi connectivity index (χ3v) is 5.88. The van der Waals surface area contributed by atoms with Crippen LogP contribution in [-0.2, 0) is 11.0 Å². The van der Waals surface area contributed by atoms with E-state index in [9.17, 15) is 27.2 Å². The highest BCUT2D eigenvalue weighted by Crippen LogP contribution is 2.69. The third-order valence-electron chi connectivity index (χ3n) is 5.57. The lowest BCUT2D eigenvalue weighted by atomic mass is 9.38. The molecule has 0 aliphatic heterocycles. The van der Waals surface area contributed by atoms with E-state index in [0.717, 1.165) is 18.5 Å². The number of carbonyl (C=O) groups excluding carboxylic acids is 2. The third kappa shape index (κ3) is 4.34. The van der Waals surface area contributed by atoms with Crippen LogP contribution in [-0.4, -0.2) is 33.8 Å². The molecule has 3 fully saturated rings. The van der Waals surface area contributed by atoms with E-state index in [1.165, 1.54) is 12.1 Å². The number of nitrogens with one attached hydrogen (secondary N) is 1. The van der Waals surface area contributed by atoms with Gasteiger partial charge in [-0.05, 0) is 36.8 Å². The Morgan fingerprint density at radius 3 is 2.39 bits per heavy atom. The maximum absolute atomic E-state index is 13.4. The number of halogens is 5. The van der Waals surface area contributed by atoms with E-state index in [2.05, 4.69) is 15.3 Å². The van der Waals surface area contributed by atoms with E-state index in [4.69, 9.17) is 16.3 Å². The van der Waals surface area contributed by atoms with Gasteiger partial charge in [-0.15, -0.1) is 0 Å². The highest BCUT2D eigenvalue weighted by Gasteiger charge is 2.68. The molecule has 164 valence electrons. The van der Waals surface area contributed by atoms with Crippen LogP contribution in [0.1, 0.15) is 41.9 Å². The fourth-order valence-corrected chi connectivity index (χ4v) is 4.54. The van der Waals surface area contributed by atoms with Crippen molar-refractivity contribution in [1.82, 2.24) is 15.3 Å². The summed E-state index contributed by atoms with van der Waals surface area (Å²) >= 11 is 5.59. The van der Waals surface area contributed by atoms with E-state index in [1.807, 2.05) is 0 Å². The van der Waals surface area contributed by atoms with Gasteiger partial charge < -0.3 is 10.1 Å². The molecule has 3 aliphatic carbocycles. The molecule has 0 saturated heterocycles. The first kappa shape index (κ1) is 21.5. The van der Waals surface area contributed by atoms with Gasteiger partial charge in [-0.3, -0.25) is 9.59 Å². The van der Waals surface area contributed by atoms with Crippen LogP contribution in [0.3, 0.4) is 0 Å². The Bertz CT molecular complexity index is 1020. The summed E-state index contributed by atoms with van der Waals surface area (Å²) in [5.74, 6) is -2.47. The highest BCUT2D eigenvalue weighted by atomic mass is 35.5. The molecule has 5 rings (SSSR count). The van der Waals surface area contributed by atoms with Gasteiger partial charge in [0.25, 0.3) is 5.91 Å². The van der Waals surface area contributed by atoms with Gasteiger partial charge in [0.05, 0.1) is 10.6 Å². The second kappa shape index (κ2) is 7.44. The monoisotopic (exact) mass is 457 g/mol. The number of carbonyl (C=O) groups is 2. The van der Waals surface area contributed by atoms with Gasteiger partial charge in [0.2, 0.25) is 5.82 Å². The summed E-state index contributed by atoms with van der Waals surface area (Å²) in [5.41, 5.74) is -0.644. The molecular formula is C20H16ClF4N3O3. The number of nitrogens with zero attached hydrogens (tertiary/aromatic N) is 2. The van der Waals surface area contributed by atoms with Gasteiger partial charge in [-0.2, -0.15) is 13.2 Å². The van der Waals surface area contributed by atoms with Crippen LogP contribution in [0.2, 0.25) is 5.02 Å². The molecule has 3 aliphatic rings. The van der Waals surface area contributed by atoms with Crippen molar-refractivity contribution >= 4 is 23.3 Å². The first-order chi connectivity index (χ1) is 14.5. The van der Waals surface area contributed by atoms with Crippen LogP contribution in [0.15, 0.2) is 30.6 Å². The van der Waals surface area contributed by atoms with E-state index in [0.29, 0.717) is 19.3 Å². The Labute approximate surface area is 179 Å². The Hall–Kier alpha value is -2.75. The number of Topliss-reactive ketones (excluding diaryl/α,β-unsaturated/α-hetero) is 1. The Kier molecular flexibility index (Phi) is 5.15. The van der Waals surface area contributed by atoms with Gasteiger partial charge >= 0.3 is 6.18 Å². The molecule has 0 spiro atoms. The SMILES string of the molecule is O=C(COc1ccc(Cl)c(F)c1)NC12CC(CC(=O)c3cnc(C(F)(F)F)nc3)(C1)C2. The molecule has 0 unspecified atom stereocenters. The van der Waals surface area contributed by atoms with Crippen molar-refractivity contribution in [3.63, 3.8) is 0 Å². The Balaban J connectivity index is 1.24. The molecule has 1 aromatic heterocycles. The number of ether oxygens (including phenoxy) is 1. The number of hydrogen-bond donors (Lipinski definition) is 1. The largest absolute Gasteiger partial charge is 0.484 e. The van der Waals surface area contributed by atoms with Crippen molar-refractivity contribution in [2.75, 3.05) is 6.61 Å². The lowest BCUT2D eigenvalue weighted by molar-refractivity contribution is -0.164. The van der Waals surface area contributed by atoms with Crippen LogP contribution >= 0.6 is 11.6 Å². The summed E-state index contributed by atoms with van der Waals surface area (Å²) in [5, 5.41) is 2.82. The van der Waals surface area contributed by atoms with Crippen molar-refractivity contribution in [2.24, 2.45) is 5.41 Å². The maximum Gasteiger partial charge on any atom is 0.451 e. The zero-order valence-corrected chi connectivity index (χ0v) is 16.7. The van der Waals surface area contributed by atoms with Crippen LogP contribution < -0.4 is 10.1 Å². The van der Waals surface area contributed by atoms with Crippen molar-refractivity contribution in [1.29, 1.82) is 0 Å². The minimum atomic E-state index is -4.66. The number of benzene rings is 1. The first-order valence-electron chi connectivity index (χ1n) is 9.31. The van der Waals surface area contributed by atoms with Crippen LogP contribution in [0.4, 0.5) is 17.6 Å². The predicted octanol–water partition coefficient (Wildman–Crippen LogP) is 3.98. The summed E-state index contributed by atoms with van der Waals surface area (Å²) in [4.78, 5) is 30.9. The van der Waals surface area contributed by atoms with Crippen molar-refractivity contribution < 1.29 is 31.9 Å². The summed E-state index contributed by atoms with van der Waals surface area (Å²) in [6, 6.07) is 3.86. The van der Waals surface area contributed by atoms with Crippen LogP contribution in [0.5, 0.6) is 5.75 Å². The highest BCUT2D eigenvalue weighted by molar-refractivity contribution is 6.30. The molecule has 2 bridgehead atoms. The summed E-state index contributed by atoms with van der Waals surface area (Å²) in [7, 11) is 0. The second-order valence-corrected chi connectivity index (χ2v) is 8.52. The molecule has 11 heteroatoms. The number of rotatable bonds is 7. The molecule has 1 N–H and O–H groups in total. The normalized spacial score (nSPS) is 24.0. The zero-order valence-electron chi connectivity index (χ0n) is 15.9. The van der Waals surface area contributed by atoms with E-state index in [1.54, 1.807) is 0 Å². The molecule has 31 heavy (non-hydrogen) atoms. The number of alkyl halides is 3. The quantitative estimate of drug-likeness (QED) is 0.502.